The van der Waals surface area contributed by atoms with Gasteiger partial charge < -0.3 is 10.2 Å². The average molecular weight is 326 g/mol. The van der Waals surface area contributed by atoms with Crippen LogP contribution in [0.1, 0.15) is 12.8 Å². The number of rotatable bonds is 5. The maximum atomic E-state index is 12.1. The molecule has 1 N–H and O–H groups in total. The Balaban J connectivity index is 1.56. The van der Waals surface area contributed by atoms with Gasteiger partial charge in [0, 0.05) is 31.6 Å². The fourth-order valence-corrected chi connectivity index (χ4v) is 2.71. The number of benzene rings is 1. The first-order valence-electron chi connectivity index (χ1n) is 7.75. The number of amides is 4. The number of imide groups is 1. The van der Waals surface area contributed by atoms with E-state index in [1.165, 1.54) is 9.80 Å². The molecule has 0 bridgehead atoms. The van der Waals surface area contributed by atoms with Crippen molar-refractivity contribution in [1.29, 1.82) is 0 Å². The average Bonchev–Trinajstić information content (AvgIpc) is 2.81. The Hall–Kier alpha value is -2.96. The molecule has 1 saturated heterocycles. The number of aromatic nitrogens is 1. The highest BCUT2D eigenvalue weighted by Gasteiger charge is 2.32. The molecule has 0 atom stereocenters. The molecule has 1 aromatic heterocycles. The number of pyridine rings is 1. The lowest BCUT2D eigenvalue weighted by molar-refractivity contribution is -0.125. The Bertz CT molecular complexity index is 800. The zero-order chi connectivity index (χ0) is 17.1. The van der Waals surface area contributed by atoms with Gasteiger partial charge in [0.2, 0.25) is 11.8 Å². The second-order valence-electron chi connectivity index (χ2n) is 5.71. The van der Waals surface area contributed by atoms with Gasteiger partial charge in [-0.15, -0.1) is 0 Å². The number of hydrogen-bond acceptors (Lipinski definition) is 4. The highest BCUT2D eigenvalue weighted by Crippen LogP contribution is 2.21. The topological polar surface area (TPSA) is 82.6 Å². The second-order valence-corrected chi connectivity index (χ2v) is 5.71. The summed E-state index contributed by atoms with van der Waals surface area (Å²) < 4.78 is 0. The van der Waals surface area contributed by atoms with Gasteiger partial charge in [0.1, 0.15) is 6.54 Å². The van der Waals surface area contributed by atoms with E-state index in [4.69, 9.17) is 0 Å². The van der Waals surface area contributed by atoms with Gasteiger partial charge in [0.05, 0.1) is 11.2 Å². The molecule has 2 heterocycles. The van der Waals surface area contributed by atoms with Crippen LogP contribution in [0, 0.1) is 0 Å². The maximum Gasteiger partial charge on any atom is 0.326 e. The van der Waals surface area contributed by atoms with Gasteiger partial charge in [0.15, 0.2) is 0 Å². The molecular formula is C17H18N4O3. The number of carbonyl (C=O) groups is 3. The lowest BCUT2D eigenvalue weighted by Gasteiger charge is -2.14. The molecule has 7 heteroatoms. The van der Waals surface area contributed by atoms with Crippen molar-refractivity contribution in [2.75, 3.05) is 25.5 Å². The van der Waals surface area contributed by atoms with E-state index < -0.39 is 0 Å². The van der Waals surface area contributed by atoms with Gasteiger partial charge in [0.25, 0.3) is 0 Å². The summed E-state index contributed by atoms with van der Waals surface area (Å²) in [6.45, 7) is 0.362. The number of urea groups is 1. The van der Waals surface area contributed by atoms with E-state index in [0.717, 1.165) is 10.9 Å². The van der Waals surface area contributed by atoms with Crippen molar-refractivity contribution >= 4 is 34.4 Å². The Labute approximate surface area is 139 Å². The number of carbonyl (C=O) groups excluding carboxylic acids is 3. The Kier molecular flexibility index (Phi) is 4.41. The third-order valence-corrected chi connectivity index (χ3v) is 3.94. The minimum atomic E-state index is -0.305. The predicted octanol–water partition coefficient (Wildman–Crippen LogP) is 1.85. The molecule has 1 aliphatic heterocycles. The molecule has 1 fully saturated rings. The molecule has 1 aliphatic rings. The zero-order valence-corrected chi connectivity index (χ0v) is 13.4. The van der Waals surface area contributed by atoms with Gasteiger partial charge in [-0.3, -0.25) is 19.5 Å². The van der Waals surface area contributed by atoms with Crippen LogP contribution in [0.5, 0.6) is 0 Å². The maximum absolute atomic E-state index is 12.1. The summed E-state index contributed by atoms with van der Waals surface area (Å²) in [4.78, 5) is 42.3. The fourth-order valence-electron chi connectivity index (χ4n) is 2.71. The Morgan fingerprint density at radius 2 is 2.08 bits per heavy atom. The van der Waals surface area contributed by atoms with Crippen LogP contribution >= 0.6 is 0 Å². The fraction of sp³-hybridized carbons (Fsp3) is 0.294. The summed E-state index contributed by atoms with van der Waals surface area (Å²) in [7, 11) is 1.58. The van der Waals surface area contributed by atoms with Crippen LogP contribution in [0.15, 0.2) is 36.5 Å². The molecule has 1 aromatic carbocycles. The number of fused-ring (bicyclic) bond motifs is 1. The van der Waals surface area contributed by atoms with Crippen LogP contribution < -0.4 is 5.32 Å². The van der Waals surface area contributed by atoms with Crippen molar-refractivity contribution in [2.45, 2.75) is 12.8 Å². The minimum absolute atomic E-state index is 0.105. The first-order valence-corrected chi connectivity index (χ1v) is 7.75. The SMILES string of the molecule is CN1CC(=O)N(CCCC(=O)Nc2cccc3ncccc23)C1=O. The first kappa shape index (κ1) is 15.9. The Morgan fingerprint density at radius 3 is 2.83 bits per heavy atom. The van der Waals surface area contributed by atoms with E-state index >= 15 is 0 Å². The molecule has 4 amide bonds. The summed E-state index contributed by atoms with van der Waals surface area (Å²) in [6, 6.07) is 8.95. The van der Waals surface area contributed by atoms with Crippen LogP contribution in [-0.4, -0.2) is 52.8 Å². The summed E-state index contributed by atoms with van der Waals surface area (Å²) >= 11 is 0. The first-order chi connectivity index (χ1) is 11.6. The van der Waals surface area contributed by atoms with Gasteiger partial charge in [-0.05, 0) is 30.7 Å². The monoisotopic (exact) mass is 326 g/mol. The van der Waals surface area contributed by atoms with Crippen molar-refractivity contribution in [3.8, 4) is 0 Å². The zero-order valence-electron chi connectivity index (χ0n) is 13.4. The van der Waals surface area contributed by atoms with E-state index in [1.807, 2.05) is 30.3 Å². The lowest BCUT2D eigenvalue weighted by Crippen LogP contribution is -2.32. The summed E-state index contributed by atoms with van der Waals surface area (Å²) in [5.41, 5.74) is 1.52. The highest BCUT2D eigenvalue weighted by atomic mass is 16.2. The van der Waals surface area contributed by atoms with Crippen molar-refractivity contribution in [1.82, 2.24) is 14.8 Å². The number of anilines is 1. The van der Waals surface area contributed by atoms with E-state index in [2.05, 4.69) is 10.3 Å². The standard InChI is InChI=1S/C17H18N4O3/c1-20-11-16(23)21(17(20)24)10-4-8-15(22)19-14-7-2-6-13-12(14)5-3-9-18-13/h2-3,5-7,9H,4,8,10-11H2,1H3,(H,19,22). The molecule has 124 valence electrons. The minimum Gasteiger partial charge on any atom is -0.325 e. The molecule has 0 saturated carbocycles. The van der Waals surface area contributed by atoms with Gasteiger partial charge >= 0.3 is 6.03 Å². The molecule has 0 radical (unpaired) electrons. The van der Waals surface area contributed by atoms with E-state index in [9.17, 15) is 14.4 Å². The molecular weight excluding hydrogens is 308 g/mol. The second kappa shape index (κ2) is 6.66. The Morgan fingerprint density at radius 1 is 1.25 bits per heavy atom. The van der Waals surface area contributed by atoms with Gasteiger partial charge in [-0.2, -0.15) is 0 Å². The summed E-state index contributed by atoms with van der Waals surface area (Å²) in [5.74, 6) is -0.373. The van der Waals surface area contributed by atoms with E-state index in [1.54, 1.807) is 13.2 Å². The van der Waals surface area contributed by atoms with Crippen LogP contribution in [0.4, 0.5) is 10.5 Å². The molecule has 7 nitrogen and oxygen atoms in total. The number of likely N-dealkylation sites (N-methyl/N-ethyl adjacent to an activating group) is 1. The predicted molar refractivity (Wildman–Crippen MR) is 89.3 cm³/mol. The van der Waals surface area contributed by atoms with E-state index in [-0.39, 0.29) is 37.4 Å². The summed E-state index contributed by atoms with van der Waals surface area (Å²) in [6.07, 6.45) is 2.37. The van der Waals surface area contributed by atoms with Crippen molar-refractivity contribution in [3.63, 3.8) is 0 Å². The highest BCUT2D eigenvalue weighted by molar-refractivity contribution is 6.02. The summed E-state index contributed by atoms with van der Waals surface area (Å²) in [5, 5.41) is 3.74. The molecule has 3 rings (SSSR count). The number of hydrogen-bond donors (Lipinski definition) is 1. The quantitative estimate of drug-likeness (QED) is 0.850. The molecule has 0 aliphatic carbocycles. The van der Waals surface area contributed by atoms with Crippen LogP contribution in [-0.2, 0) is 9.59 Å². The van der Waals surface area contributed by atoms with Crippen molar-refractivity contribution < 1.29 is 14.4 Å². The third kappa shape index (κ3) is 3.19. The van der Waals surface area contributed by atoms with Gasteiger partial charge in [-0.25, -0.2) is 4.79 Å². The smallest absolute Gasteiger partial charge is 0.325 e. The van der Waals surface area contributed by atoms with Crippen LogP contribution in [0.25, 0.3) is 10.9 Å². The molecule has 2 aromatic rings. The lowest BCUT2D eigenvalue weighted by atomic mass is 10.1. The number of nitrogens with one attached hydrogen (secondary N) is 1. The van der Waals surface area contributed by atoms with Crippen LogP contribution in [0.3, 0.4) is 0 Å². The largest absolute Gasteiger partial charge is 0.326 e. The molecule has 24 heavy (non-hydrogen) atoms. The van der Waals surface area contributed by atoms with E-state index in [0.29, 0.717) is 12.1 Å². The molecule has 0 spiro atoms. The molecule has 0 unspecified atom stereocenters. The normalized spacial score (nSPS) is 14.5. The van der Waals surface area contributed by atoms with Crippen LogP contribution in [0.2, 0.25) is 0 Å². The van der Waals surface area contributed by atoms with Crippen molar-refractivity contribution in [3.05, 3.63) is 36.5 Å². The van der Waals surface area contributed by atoms with Gasteiger partial charge in [-0.1, -0.05) is 6.07 Å². The third-order valence-electron chi connectivity index (χ3n) is 3.94. The van der Waals surface area contributed by atoms with Crippen molar-refractivity contribution in [2.24, 2.45) is 0 Å². The number of nitrogens with zero attached hydrogens (tertiary/aromatic N) is 3.